The zero-order valence-electron chi connectivity index (χ0n) is 20.1. The molecule has 0 atom stereocenters. The lowest BCUT2D eigenvalue weighted by molar-refractivity contribution is 0.0952. The van der Waals surface area contributed by atoms with Gasteiger partial charge in [0.25, 0.3) is 11.6 Å². The smallest absolute Gasteiger partial charge is 0.259 e. The van der Waals surface area contributed by atoms with Gasteiger partial charge >= 0.3 is 0 Å². The van der Waals surface area contributed by atoms with E-state index in [1.165, 1.54) is 0 Å². The number of aryl methyl sites for hydroxylation is 2. The number of sulfonamides is 1. The molecule has 0 aliphatic rings. The van der Waals surface area contributed by atoms with Crippen molar-refractivity contribution in [1.82, 2.24) is 20.2 Å². The zero-order chi connectivity index (χ0) is 25.2. The second-order valence-electron chi connectivity index (χ2n) is 8.85. The molecule has 0 bridgehead atoms. The molecule has 1 amide bonds. The Morgan fingerprint density at radius 2 is 1.71 bits per heavy atom. The van der Waals surface area contributed by atoms with Gasteiger partial charge in [0.1, 0.15) is 0 Å². The number of rotatable bonds is 8. The first-order valence-corrected chi connectivity index (χ1v) is 13.0. The summed E-state index contributed by atoms with van der Waals surface area (Å²) in [7, 11) is -3.51. The van der Waals surface area contributed by atoms with Gasteiger partial charge in [0.05, 0.1) is 28.1 Å². The van der Waals surface area contributed by atoms with Crippen molar-refractivity contribution in [2.45, 2.75) is 46.0 Å². The lowest BCUT2D eigenvalue weighted by Gasteiger charge is -2.14. The standard InChI is InChI=1S/C26H28N4O4S/c1-16(2)30-35(32,33)15-21-8-6-5-7-20(21)14-27-25(31)22-13-23(19-11-9-17(3)10-12-19)28-26-24(22)18(4)29-34-26/h5-13,16,30H,14-15H2,1-4H3,(H,27,31). The average molecular weight is 493 g/mol. The van der Waals surface area contributed by atoms with Crippen molar-refractivity contribution in [1.29, 1.82) is 0 Å². The number of hydrogen-bond donors (Lipinski definition) is 2. The first kappa shape index (κ1) is 24.6. The Kier molecular flexibility index (Phi) is 7.00. The molecule has 2 aromatic heterocycles. The summed E-state index contributed by atoms with van der Waals surface area (Å²) in [6.45, 7) is 7.48. The van der Waals surface area contributed by atoms with Crippen LogP contribution in [-0.2, 0) is 22.3 Å². The number of nitrogens with zero attached hydrogens (tertiary/aromatic N) is 2. The van der Waals surface area contributed by atoms with Crippen LogP contribution in [0.3, 0.4) is 0 Å². The van der Waals surface area contributed by atoms with E-state index < -0.39 is 10.0 Å². The summed E-state index contributed by atoms with van der Waals surface area (Å²) in [6.07, 6.45) is 0. The summed E-state index contributed by atoms with van der Waals surface area (Å²) in [5, 5.41) is 7.47. The summed E-state index contributed by atoms with van der Waals surface area (Å²) in [4.78, 5) is 17.9. The van der Waals surface area contributed by atoms with Gasteiger partial charge in [-0.15, -0.1) is 0 Å². The molecule has 8 nitrogen and oxygen atoms in total. The van der Waals surface area contributed by atoms with Gasteiger partial charge in [-0.1, -0.05) is 59.3 Å². The molecule has 9 heteroatoms. The zero-order valence-corrected chi connectivity index (χ0v) is 20.9. The fraction of sp³-hybridized carbons (Fsp3) is 0.269. The largest absolute Gasteiger partial charge is 0.348 e. The molecule has 0 saturated heterocycles. The number of carbonyl (C=O) groups excluding carboxylic acids is 1. The maximum absolute atomic E-state index is 13.3. The van der Waals surface area contributed by atoms with Crippen molar-refractivity contribution < 1.29 is 17.7 Å². The van der Waals surface area contributed by atoms with Gasteiger partial charge in [-0.2, -0.15) is 0 Å². The first-order valence-electron chi connectivity index (χ1n) is 11.3. The lowest BCUT2D eigenvalue weighted by Crippen LogP contribution is -2.32. The molecule has 35 heavy (non-hydrogen) atoms. The maximum Gasteiger partial charge on any atom is 0.259 e. The second kappa shape index (κ2) is 9.97. The van der Waals surface area contributed by atoms with Gasteiger partial charge in [-0.25, -0.2) is 18.1 Å². The number of nitrogens with one attached hydrogen (secondary N) is 2. The summed E-state index contributed by atoms with van der Waals surface area (Å²) >= 11 is 0. The maximum atomic E-state index is 13.3. The van der Waals surface area contributed by atoms with Crippen LogP contribution in [0.4, 0.5) is 0 Å². The first-order chi connectivity index (χ1) is 16.6. The minimum Gasteiger partial charge on any atom is -0.348 e. The van der Waals surface area contributed by atoms with E-state index in [0.29, 0.717) is 27.9 Å². The molecule has 2 heterocycles. The number of amides is 1. The third kappa shape index (κ3) is 5.75. The molecular formula is C26H28N4O4S. The van der Waals surface area contributed by atoms with Crippen molar-refractivity contribution in [2.24, 2.45) is 0 Å². The molecule has 0 fully saturated rings. The van der Waals surface area contributed by atoms with E-state index in [2.05, 4.69) is 20.2 Å². The van der Waals surface area contributed by atoms with E-state index >= 15 is 0 Å². The molecule has 2 aromatic carbocycles. The molecule has 0 unspecified atom stereocenters. The molecular weight excluding hydrogens is 464 g/mol. The van der Waals surface area contributed by atoms with E-state index in [0.717, 1.165) is 16.7 Å². The molecule has 4 rings (SSSR count). The van der Waals surface area contributed by atoms with E-state index in [-0.39, 0.29) is 30.0 Å². The van der Waals surface area contributed by atoms with E-state index in [9.17, 15) is 13.2 Å². The van der Waals surface area contributed by atoms with Crippen molar-refractivity contribution in [2.75, 3.05) is 0 Å². The van der Waals surface area contributed by atoms with Crippen molar-refractivity contribution in [3.8, 4) is 11.3 Å². The van der Waals surface area contributed by atoms with E-state index in [4.69, 9.17) is 4.52 Å². The molecule has 0 aliphatic heterocycles. The van der Waals surface area contributed by atoms with Crippen molar-refractivity contribution in [3.63, 3.8) is 0 Å². The molecule has 0 spiro atoms. The van der Waals surface area contributed by atoms with E-state index in [1.54, 1.807) is 39.0 Å². The van der Waals surface area contributed by atoms with Crippen LogP contribution in [0.1, 0.15) is 46.6 Å². The summed E-state index contributed by atoms with van der Waals surface area (Å²) in [5.41, 5.74) is 5.18. The molecule has 182 valence electrons. The predicted molar refractivity (Wildman–Crippen MR) is 135 cm³/mol. The van der Waals surface area contributed by atoms with Gasteiger partial charge in [-0.05, 0) is 44.9 Å². The fourth-order valence-electron chi connectivity index (χ4n) is 3.89. The molecule has 0 saturated carbocycles. The van der Waals surface area contributed by atoms with Crippen LogP contribution in [0.15, 0.2) is 59.1 Å². The Hall–Kier alpha value is -3.56. The van der Waals surface area contributed by atoms with Gasteiger partial charge in [0.2, 0.25) is 10.0 Å². The van der Waals surface area contributed by atoms with Gasteiger partial charge < -0.3 is 9.84 Å². The van der Waals surface area contributed by atoms with Crippen LogP contribution in [0.25, 0.3) is 22.4 Å². The highest BCUT2D eigenvalue weighted by Crippen LogP contribution is 2.27. The Bertz CT molecular complexity index is 1480. The molecule has 2 N–H and O–H groups in total. The number of aromatic nitrogens is 2. The van der Waals surface area contributed by atoms with Crippen LogP contribution in [-0.4, -0.2) is 30.5 Å². The number of pyridine rings is 1. The van der Waals surface area contributed by atoms with Crippen LogP contribution >= 0.6 is 0 Å². The third-order valence-electron chi connectivity index (χ3n) is 5.53. The highest BCUT2D eigenvalue weighted by atomic mass is 32.2. The van der Waals surface area contributed by atoms with Crippen molar-refractivity contribution in [3.05, 3.63) is 82.5 Å². The number of carbonyl (C=O) groups is 1. The summed E-state index contributed by atoms with van der Waals surface area (Å²) in [5.74, 6) is -0.492. The van der Waals surface area contributed by atoms with E-state index in [1.807, 2.05) is 43.3 Å². The average Bonchev–Trinajstić information content (AvgIpc) is 3.17. The summed E-state index contributed by atoms with van der Waals surface area (Å²) in [6, 6.07) is 16.5. The highest BCUT2D eigenvalue weighted by molar-refractivity contribution is 7.88. The van der Waals surface area contributed by atoms with Crippen LogP contribution in [0, 0.1) is 13.8 Å². The monoisotopic (exact) mass is 492 g/mol. The fourth-order valence-corrected chi connectivity index (χ4v) is 5.39. The Morgan fingerprint density at radius 1 is 1.03 bits per heavy atom. The number of hydrogen-bond acceptors (Lipinski definition) is 6. The van der Waals surface area contributed by atoms with Gasteiger partial charge in [0, 0.05) is 18.2 Å². The normalized spacial score (nSPS) is 11.8. The molecule has 0 aliphatic carbocycles. The minimum absolute atomic E-state index is 0.167. The molecule has 0 radical (unpaired) electrons. The Balaban J connectivity index is 1.62. The number of fused-ring (bicyclic) bond motifs is 1. The van der Waals surface area contributed by atoms with Crippen molar-refractivity contribution >= 4 is 27.0 Å². The second-order valence-corrected chi connectivity index (χ2v) is 10.6. The Labute approximate surface area is 204 Å². The quantitative estimate of drug-likeness (QED) is 0.380. The van der Waals surface area contributed by atoms with Gasteiger partial charge in [-0.3, -0.25) is 4.79 Å². The lowest BCUT2D eigenvalue weighted by atomic mass is 10.0. The highest BCUT2D eigenvalue weighted by Gasteiger charge is 2.20. The SMILES string of the molecule is Cc1ccc(-c2cc(C(=O)NCc3ccccc3CS(=O)(=O)NC(C)C)c3c(C)noc3n2)cc1. The van der Waals surface area contributed by atoms with Crippen LogP contribution in [0.2, 0.25) is 0 Å². The number of benzene rings is 2. The van der Waals surface area contributed by atoms with Crippen LogP contribution < -0.4 is 10.0 Å². The molecule has 4 aromatic rings. The Morgan fingerprint density at radius 3 is 2.40 bits per heavy atom. The summed E-state index contributed by atoms with van der Waals surface area (Å²) < 4.78 is 32.9. The van der Waals surface area contributed by atoms with Gasteiger partial charge in [0.15, 0.2) is 0 Å². The topological polar surface area (TPSA) is 114 Å². The predicted octanol–water partition coefficient (Wildman–Crippen LogP) is 4.26. The third-order valence-corrected chi connectivity index (χ3v) is 7.05. The minimum atomic E-state index is -3.51. The van der Waals surface area contributed by atoms with Crippen LogP contribution in [0.5, 0.6) is 0 Å².